The van der Waals surface area contributed by atoms with Crippen LogP contribution in [0.15, 0.2) is 23.1 Å². The summed E-state index contributed by atoms with van der Waals surface area (Å²) in [4.78, 5) is 12.2. The number of carboxylic acids is 1. The molecule has 0 amide bonds. The number of aliphatic carboxylic acids is 1. The fourth-order valence-electron chi connectivity index (χ4n) is 2.37. The predicted octanol–water partition coefficient (Wildman–Crippen LogP) is 0.151. The maximum atomic E-state index is 14.1. The molecule has 1 aliphatic rings. The van der Waals surface area contributed by atoms with E-state index in [1.807, 2.05) is 0 Å². The van der Waals surface area contributed by atoms with Gasteiger partial charge in [-0.15, -0.1) is 0 Å². The molecule has 0 saturated carbocycles. The smallest absolute Gasteiger partial charge is 0.326 e. The molecule has 9 heteroatoms. The lowest BCUT2D eigenvalue weighted by molar-refractivity contribution is -0.138. The molecule has 21 heavy (non-hydrogen) atoms. The molecule has 3 N–H and O–H groups in total. The van der Waals surface area contributed by atoms with Gasteiger partial charge in [-0.25, -0.2) is 22.7 Å². The number of sulfonamides is 1. The summed E-state index contributed by atoms with van der Waals surface area (Å²) in [6, 6.07) is 2.21. The molecule has 116 valence electrons. The second-order valence-corrected chi connectivity index (χ2v) is 6.32. The van der Waals surface area contributed by atoms with E-state index < -0.39 is 27.9 Å². The lowest BCUT2D eigenvalue weighted by Crippen LogP contribution is -2.36. The van der Waals surface area contributed by atoms with Crippen LogP contribution in [-0.2, 0) is 19.6 Å². The minimum Gasteiger partial charge on any atom is -0.480 e. The van der Waals surface area contributed by atoms with Crippen molar-refractivity contribution in [1.82, 2.24) is 0 Å². The van der Waals surface area contributed by atoms with Gasteiger partial charge in [-0.05, 0) is 18.2 Å². The average molecular weight is 318 g/mol. The third kappa shape index (κ3) is 3.14. The number of methoxy groups -OCH3 is 1. The van der Waals surface area contributed by atoms with E-state index in [-0.39, 0.29) is 29.7 Å². The molecular weight excluding hydrogens is 303 g/mol. The first-order valence-corrected chi connectivity index (χ1v) is 7.63. The highest BCUT2D eigenvalue weighted by molar-refractivity contribution is 7.89. The summed E-state index contributed by atoms with van der Waals surface area (Å²) in [5.74, 6) is -1.94. The number of carboxylic acid groups (broad SMARTS) is 1. The Morgan fingerprint density at radius 1 is 1.52 bits per heavy atom. The van der Waals surface area contributed by atoms with E-state index >= 15 is 0 Å². The van der Waals surface area contributed by atoms with Gasteiger partial charge in [-0.2, -0.15) is 0 Å². The average Bonchev–Trinajstić information content (AvgIpc) is 2.81. The highest BCUT2D eigenvalue weighted by Crippen LogP contribution is 2.30. The van der Waals surface area contributed by atoms with Crippen molar-refractivity contribution in [2.45, 2.75) is 23.5 Å². The molecule has 0 spiro atoms. The number of nitrogens with two attached hydrogens (primary N) is 1. The van der Waals surface area contributed by atoms with Gasteiger partial charge in [0.1, 0.15) is 11.9 Å². The lowest BCUT2D eigenvalue weighted by atomic mass is 10.2. The molecular formula is C12H15FN2O5S. The van der Waals surface area contributed by atoms with Crippen LogP contribution in [0, 0.1) is 5.82 Å². The molecule has 0 aliphatic carbocycles. The van der Waals surface area contributed by atoms with Crippen LogP contribution >= 0.6 is 0 Å². The van der Waals surface area contributed by atoms with Crippen LogP contribution in [0.3, 0.4) is 0 Å². The third-order valence-electron chi connectivity index (χ3n) is 3.44. The van der Waals surface area contributed by atoms with Gasteiger partial charge in [-0.3, -0.25) is 0 Å². The van der Waals surface area contributed by atoms with Crippen LogP contribution in [0.4, 0.5) is 10.1 Å². The van der Waals surface area contributed by atoms with Crippen molar-refractivity contribution in [3.05, 3.63) is 24.0 Å². The minimum absolute atomic E-state index is 0.00866. The Labute approximate surface area is 121 Å². The number of primary sulfonamides is 1. The van der Waals surface area contributed by atoms with E-state index in [9.17, 15) is 22.7 Å². The minimum atomic E-state index is -4.01. The van der Waals surface area contributed by atoms with Crippen molar-refractivity contribution in [3.8, 4) is 0 Å². The molecule has 1 saturated heterocycles. The number of rotatable bonds is 4. The van der Waals surface area contributed by atoms with E-state index in [0.717, 1.165) is 12.1 Å². The second kappa shape index (κ2) is 5.58. The summed E-state index contributed by atoms with van der Waals surface area (Å²) in [6.45, 7) is 0.207. The van der Waals surface area contributed by atoms with Gasteiger partial charge < -0.3 is 14.7 Å². The maximum absolute atomic E-state index is 14.1. The van der Waals surface area contributed by atoms with Crippen LogP contribution < -0.4 is 10.0 Å². The Bertz CT molecular complexity index is 664. The summed E-state index contributed by atoms with van der Waals surface area (Å²) in [5, 5.41) is 14.1. The van der Waals surface area contributed by atoms with E-state index in [1.54, 1.807) is 0 Å². The van der Waals surface area contributed by atoms with Crippen LogP contribution in [0.25, 0.3) is 0 Å². The molecule has 0 aromatic heterocycles. The highest BCUT2D eigenvalue weighted by atomic mass is 32.2. The molecule has 2 atom stereocenters. The molecule has 1 aromatic carbocycles. The molecule has 2 rings (SSSR count). The standard InChI is InChI=1S/C12H15FN2O5S/c1-20-7-4-11(12(16)17)15(6-7)10-3-2-8(5-9(10)13)21(14,18)19/h2-3,5,7,11H,4,6H2,1H3,(H,16,17)(H2,14,18,19). The third-order valence-corrected chi connectivity index (χ3v) is 4.35. The molecule has 1 aliphatic heterocycles. The topological polar surface area (TPSA) is 110 Å². The van der Waals surface area contributed by atoms with Crippen molar-refractivity contribution in [3.63, 3.8) is 0 Å². The predicted molar refractivity (Wildman–Crippen MR) is 72.0 cm³/mol. The van der Waals surface area contributed by atoms with Crippen LogP contribution in [0.5, 0.6) is 0 Å². The summed E-state index contributed by atoms with van der Waals surface area (Å²) in [7, 11) is -2.56. The summed E-state index contributed by atoms with van der Waals surface area (Å²) in [6.07, 6.45) is -0.106. The molecule has 7 nitrogen and oxygen atoms in total. The Hall–Kier alpha value is -1.71. The Morgan fingerprint density at radius 3 is 2.67 bits per heavy atom. The van der Waals surface area contributed by atoms with Gasteiger partial charge in [-0.1, -0.05) is 0 Å². The van der Waals surface area contributed by atoms with Gasteiger partial charge in [0.05, 0.1) is 16.7 Å². The number of ether oxygens (including phenoxy) is 1. The number of nitrogens with zero attached hydrogens (tertiary/aromatic N) is 1. The number of halogens is 1. The maximum Gasteiger partial charge on any atom is 0.326 e. The second-order valence-electron chi connectivity index (χ2n) is 4.76. The summed E-state index contributed by atoms with van der Waals surface area (Å²) < 4.78 is 41.6. The Morgan fingerprint density at radius 2 is 2.19 bits per heavy atom. The van der Waals surface area contributed by atoms with Crippen LogP contribution in [0.2, 0.25) is 0 Å². The van der Waals surface area contributed by atoms with Crippen molar-refractivity contribution < 1.29 is 27.4 Å². The normalized spacial score (nSPS) is 22.5. The van der Waals surface area contributed by atoms with Crippen LogP contribution in [0.1, 0.15) is 6.42 Å². The number of hydrogen-bond acceptors (Lipinski definition) is 5. The van der Waals surface area contributed by atoms with Crippen molar-refractivity contribution in [2.75, 3.05) is 18.6 Å². The first-order chi connectivity index (χ1) is 9.74. The van der Waals surface area contributed by atoms with Gasteiger partial charge in [0.15, 0.2) is 0 Å². The molecule has 2 unspecified atom stereocenters. The quantitative estimate of drug-likeness (QED) is 0.818. The number of anilines is 1. The first-order valence-electron chi connectivity index (χ1n) is 6.08. The zero-order valence-corrected chi connectivity index (χ0v) is 12.0. The van der Waals surface area contributed by atoms with E-state index in [1.165, 1.54) is 18.1 Å². The zero-order chi connectivity index (χ0) is 15.8. The van der Waals surface area contributed by atoms with Crippen molar-refractivity contribution >= 4 is 21.7 Å². The fourth-order valence-corrected chi connectivity index (χ4v) is 2.89. The van der Waals surface area contributed by atoms with Gasteiger partial charge in [0, 0.05) is 20.1 Å². The number of carbonyl (C=O) groups is 1. The van der Waals surface area contributed by atoms with E-state index in [0.29, 0.717) is 0 Å². The fraction of sp³-hybridized carbons (Fsp3) is 0.417. The first kappa shape index (κ1) is 15.7. The molecule has 0 radical (unpaired) electrons. The SMILES string of the molecule is COC1CC(C(=O)O)N(c2ccc(S(N)(=O)=O)cc2F)C1. The van der Waals surface area contributed by atoms with Crippen molar-refractivity contribution in [1.29, 1.82) is 0 Å². The Kier molecular flexibility index (Phi) is 4.17. The van der Waals surface area contributed by atoms with E-state index in [2.05, 4.69) is 0 Å². The van der Waals surface area contributed by atoms with Gasteiger partial charge >= 0.3 is 5.97 Å². The van der Waals surface area contributed by atoms with Crippen molar-refractivity contribution in [2.24, 2.45) is 5.14 Å². The zero-order valence-electron chi connectivity index (χ0n) is 11.2. The highest BCUT2D eigenvalue weighted by Gasteiger charge is 2.38. The Balaban J connectivity index is 2.39. The molecule has 1 aromatic rings. The monoisotopic (exact) mass is 318 g/mol. The molecule has 1 fully saturated rings. The molecule has 1 heterocycles. The van der Waals surface area contributed by atoms with Crippen LogP contribution in [-0.4, -0.2) is 45.3 Å². The van der Waals surface area contributed by atoms with E-state index in [4.69, 9.17) is 9.88 Å². The lowest BCUT2D eigenvalue weighted by Gasteiger charge is -2.24. The van der Waals surface area contributed by atoms with Gasteiger partial charge in [0.25, 0.3) is 0 Å². The number of benzene rings is 1. The summed E-state index contributed by atoms with van der Waals surface area (Å²) >= 11 is 0. The van der Waals surface area contributed by atoms with Gasteiger partial charge in [0.2, 0.25) is 10.0 Å². The number of hydrogen-bond donors (Lipinski definition) is 2. The summed E-state index contributed by atoms with van der Waals surface area (Å²) in [5.41, 5.74) is 0.00866. The largest absolute Gasteiger partial charge is 0.480 e. The molecule has 0 bridgehead atoms.